The monoisotopic (exact) mass is 1300 g/mol. The number of hydrogen-bond donors (Lipinski definition) is 9. The van der Waals surface area contributed by atoms with Gasteiger partial charge in [-0.25, -0.2) is 19.2 Å². The second-order valence-corrected chi connectivity index (χ2v) is 24.2. The number of alkyl halides is 2. The first-order chi connectivity index (χ1) is 43.0. The Bertz CT molecular complexity index is 3710. The Labute approximate surface area is 530 Å². The molecule has 9 atom stereocenters. The van der Waals surface area contributed by atoms with Crippen LogP contribution in [0.3, 0.4) is 0 Å². The van der Waals surface area contributed by atoms with Gasteiger partial charge in [0.05, 0.1) is 27.2 Å². The van der Waals surface area contributed by atoms with Crippen molar-refractivity contribution in [1.82, 2.24) is 20.4 Å². The molecule has 25 nitrogen and oxygen atoms in total. The maximum atomic E-state index is 14.8. The molecule has 5 aromatic carbocycles. The first-order valence-electron chi connectivity index (χ1n) is 28.9. The highest BCUT2D eigenvalue weighted by atomic mass is 35.5. The van der Waals surface area contributed by atoms with E-state index in [1.165, 1.54) is 28.8 Å². The number of carboxylic acids is 1. The second kappa shape index (κ2) is 28.7. The van der Waals surface area contributed by atoms with Crippen LogP contribution in [-0.4, -0.2) is 179 Å². The number of likely N-dealkylation sites (N-methyl/N-ethyl adjacent to an activating group) is 2. The fraction of sp³-hybridized carbons (Fsp3) is 0.387. The van der Waals surface area contributed by atoms with Crippen molar-refractivity contribution in [3.05, 3.63) is 124 Å². The molecule has 90 heavy (non-hydrogen) atoms. The van der Waals surface area contributed by atoms with Gasteiger partial charge in [-0.1, -0.05) is 74.5 Å². The molecule has 0 saturated carbocycles. The predicted molar refractivity (Wildman–Crippen MR) is 336 cm³/mol. The van der Waals surface area contributed by atoms with Crippen LogP contribution in [-0.2, 0) is 30.5 Å². The standard InChI is InChI=1S/C62H69Cl2N9O16S/c1-31(2)49(65)55(78)69-40(14-9-21-67-60(66)83)54(77)68-35-17-15-32(16-18-35)30-86-61(84)70(3)22-23-71(4)62(85)88-44-25-42-48(39-13-8-6-11-37(39)44)34(27-64)29-73(42)57(80)46-20-19-45(90-46)56(79)72-28-33(26-63)47-38-12-7-5-10-36(38)43(24-41(47)72)87-59-52(76)50(74)51(75)53(89-59)58(81)82/h5-8,10-13,15-20,24-25,31,33-34,40,49-53,59,74-76H,9,14,21-23,26-30,65H2,1-4H3,(H,68,77)(H,69,78)(H,81,82)(H3,66,67,83)/t33-,34-,40+,49+,50+,51+,52-,53+,59-/m1/s1. The summed E-state index contributed by atoms with van der Waals surface area (Å²) < 4.78 is 23.1. The molecule has 3 aliphatic heterocycles. The Balaban J connectivity index is 0.839. The van der Waals surface area contributed by atoms with Crippen molar-refractivity contribution >= 4 is 121 Å². The number of halogens is 2. The van der Waals surface area contributed by atoms with Gasteiger partial charge in [-0.05, 0) is 70.5 Å². The molecule has 478 valence electrons. The number of aliphatic hydroxyl groups is 3. The molecule has 0 radical (unpaired) electrons. The van der Waals surface area contributed by atoms with Gasteiger partial charge < -0.3 is 86.4 Å². The minimum atomic E-state index is -1.94. The van der Waals surface area contributed by atoms with Crippen molar-refractivity contribution in [3.8, 4) is 11.5 Å². The maximum absolute atomic E-state index is 14.8. The third-order valence-corrected chi connectivity index (χ3v) is 17.8. The lowest BCUT2D eigenvalue weighted by Gasteiger charge is -2.38. The normalized spacial score (nSPS) is 20.0. The van der Waals surface area contributed by atoms with E-state index in [0.717, 1.165) is 22.5 Å². The van der Waals surface area contributed by atoms with Gasteiger partial charge in [0, 0.05) is 99.0 Å². The molecule has 0 spiro atoms. The van der Waals surface area contributed by atoms with Crippen molar-refractivity contribution < 1.29 is 77.7 Å². The third-order valence-electron chi connectivity index (χ3n) is 16.0. The van der Waals surface area contributed by atoms with E-state index < -0.39 is 90.6 Å². The SMILES string of the molecule is CC(C)[C@H](N)C(=O)N[C@@H](CCCNC(N)=O)C(=O)Nc1ccc(COC(=O)N(C)CCN(C)C(=O)Oc2cc3c(c4ccccc24)[C@H](CCl)CN3C(=O)c2ccc(C(=O)N3C[C@@H](CCl)c4c3cc(O[C@@H]3O[C@H](C(=O)O)[C@@H](O)[C@H](O)[C@H]3O)c3ccccc43)s2)cc1. The van der Waals surface area contributed by atoms with E-state index >= 15 is 0 Å². The van der Waals surface area contributed by atoms with Gasteiger partial charge in [-0.3, -0.25) is 19.2 Å². The van der Waals surface area contributed by atoms with Gasteiger partial charge in [0.2, 0.25) is 18.1 Å². The number of hydrogen-bond acceptors (Lipinski definition) is 17. The van der Waals surface area contributed by atoms with Crippen molar-refractivity contribution in [2.75, 3.05) is 73.7 Å². The van der Waals surface area contributed by atoms with E-state index in [0.29, 0.717) is 50.6 Å². The van der Waals surface area contributed by atoms with Crippen molar-refractivity contribution in [3.63, 3.8) is 0 Å². The number of urea groups is 1. The van der Waals surface area contributed by atoms with Gasteiger partial charge in [-0.2, -0.15) is 0 Å². The number of thiophene rings is 1. The van der Waals surface area contributed by atoms with E-state index in [2.05, 4.69) is 16.0 Å². The molecule has 11 N–H and O–H groups in total. The van der Waals surface area contributed by atoms with Crippen molar-refractivity contribution in [2.24, 2.45) is 17.4 Å². The topological polar surface area (TPSA) is 355 Å². The maximum Gasteiger partial charge on any atom is 0.415 e. The summed E-state index contributed by atoms with van der Waals surface area (Å²) in [4.78, 5) is 112. The number of nitrogens with two attached hydrogens (primary N) is 2. The number of ether oxygens (including phenoxy) is 4. The molecule has 8 amide bonds. The molecule has 0 unspecified atom stereocenters. The van der Waals surface area contributed by atoms with E-state index in [1.54, 1.807) is 104 Å². The van der Waals surface area contributed by atoms with Gasteiger partial charge in [0.25, 0.3) is 11.8 Å². The summed E-state index contributed by atoms with van der Waals surface area (Å²) in [5.74, 6) is -3.88. The van der Waals surface area contributed by atoms with Crippen LogP contribution in [0, 0.1) is 5.92 Å². The van der Waals surface area contributed by atoms with Gasteiger partial charge >= 0.3 is 24.2 Å². The van der Waals surface area contributed by atoms with E-state index in [4.69, 9.17) is 53.6 Å². The molecule has 1 saturated heterocycles. The summed E-state index contributed by atoms with van der Waals surface area (Å²) in [5, 5.41) is 51.8. The van der Waals surface area contributed by atoms with Gasteiger partial charge in [0.15, 0.2) is 6.10 Å². The molecule has 3 aliphatic rings. The van der Waals surface area contributed by atoms with Crippen LogP contribution < -0.4 is 46.7 Å². The number of nitrogens with zero attached hydrogens (tertiary/aromatic N) is 4. The van der Waals surface area contributed by atoms with Crippen molar-refractivity contribution in [1.29, 1.82) is 0 Å². The molecule has 28 heteroatoms. The van der Waals surface area contributed by atoms with Crippen LogP contribution in [0.15, 0.2) is 97.1 Å². The van der Waals surface area contributed by atoms with E-state index in [1.807, 2.05) is 12.1 Å². The Kier molecular flexibility index (Phi) is 21.0. The number of aliphatic hydroxyl groups excluding tert-OH is 3. The molecule has 6 aromatic rings. The molecule has 4 heterocycles. The zero-order valence-corrected chi connectivity index (χ0v) is 51.7. The number of anilines is 3. The fourth-order valence-electron chi connectivity index (χ4n) is 10.9. The minimum absolute atomic E-state index is 0.0268. The highest BCUT2D eigenvalue weighted by Crippen LogP contribution is 2.49. The number of aliphatic carboxylic acids is 1. The predicted octanol–water partition coefficient (Wildman–Crippen LogP) is 5.85. The summed E-state index contributed by atoms with van der Waals surface area (Å²) in [5.41, 5.74) is 14.5. The first-order valence-corrected chi connectivity index (χ1v) is 30.7. The summed E-state index contributed by atoms with van der Waals surface area (Å²) in [7, 11) is 3.01. The van der Waals surface area contributed by atoms with Crippen molar-refractivity contribution in [2.45, 2.75) is 87.9 Å². The van der Waals surface area contributed by atoms with Crippen LogP contribution in [0.5, 0.6) is 11.5 Å². The summed E-state index contributed by atoms with van der Waals surface area (Å²) >= 11 is 14.2. The largest absolute Gasteiger partial charge is 0.479 e. The lowest BCUT2D eigenvalue weighted by atomic mass is 9.95. The van der Waals surface area contributed by atoms with Crippen LogP contribution in [0.2, 0.25) is 0 Å². The number of benzene rings is 5. The van der Waals surface area contributed by atoms with Crippen LogP contribution in [0.25, 0.3) is 21.5 Å². The molecule has 9 rings (SSSR count). The van der Waals surface area contributed by atoms with Crippen LogP contribution >= 0.6 is 34.5 Å². The number of carboxylic acid groups (broad SMARTS) is 1. The number of primary amides is 1. The fourth-order valence-corrected chi connectivity index (χ4v) is 12.3. The smallest absolute Gasteiger partial charge is 0.415 e. The number of fused-ring (bicyclic) bond motifs is 6. The Hall–Kier alpha value is -8.34. The average Bonchev–Trinajstić information content (AvgIpc) is 1.58. The number of carbonyl (C=O) groups excluding carboxylic acids is 7. The summed E-state index contributed by atoms with van der Waals surface area (Å²) in [6.45, 7) is 4.01. The highest BCUT2D eigenvalue weighted by molar-refractivity contribution is 7.16. The number of amides is 8. The molecular weight excluding hydrogens is 1230 g/mol. The Morgan fingerprint density at radius 3 is 1.79 bits per heavy atom. The lowest BCUT2D eigenvalue weighted by Crippen LogP contribution is -2.61. The number of rotatable bonds is 22. The van der Waals surface area contributed by atoms with Gasteiger partial charge in [0.1, 0.15) is 42.5 Å². The zero-order chi connectivity index (χ0) is 64.8. The van der Waals surface area contributed by atoms with Crippen LogP contribution in [0.4, 0.5) is 31.4 Å². The van der Waals surface area contributed by atoms with Gasteiger partial charge in [-0.15, -0.1) is 34.5 Å². The zero-order valence-electron chi connectivity index (χ0n) is 49.4. The van der Waals surface area contributed by atoms with Crippen LogP contribution in [0.1, 0.15) is 74.6 Å². The second-order valence-electron chi connectivity index (χ2n) is 22.5. The third kappa shape index (κ3) is 14.3. The molecule has 0 bridgehead atoms. The Morgan fingerprint density at radius 2 is 1.26 bits per heavy atom. The highest BCUT2D eigenvalue weighted by Gasteiger charge is 2.49. The molecule has 1 aromatic heterocycles. The average molecular weight is 1300 g/mol. The quantitative estimate of drug-likeness (QED) is 0.0284. The molecule has 0 aliphatic carbocycles. The number of carbonyl (C=O) groups is 8. The molecular formula is C62H69Cl2N9O16S. The summed E-state index contributed by atoms with van der Waals surface area (Å²) in [6, 6.07) is 24.6. The minimum Gasteiger partial charge on any atom is -0.479 e. The van der Waals surface area contributed by atoms with E-state index in [-0.39, 0.29) is 96.5 Å². The first kappa shape index (κ1) is 66.1. The number of nitrogens with one attached hydrogen (secondary N) is 3. The molecule has 1 fully saturated rings. The lowest BCUT2D eigenvalue weighted by molar-refractivity contribution is -0.270. The summed E-state index contributed by atoms with van der Waals surface area (Å²) in [6.07, 6.45) is -10.3. The Morgan fingerprint density at radius 1 is 0.722 bits per heavy atom. The van der Waals surface area contributed by atoms with E-state index in [9.17, 15) is 58.8 Å².